The second-order valence-electron chi connectivity index (χ2n) is 6.93. The van der Waals surface area contributed by atoms with Gasteiger partial charge >= 0.3 is 5.97 Å². The van der Waals surface area contributed by atoms with Crippen LogP contribution in [0.5, 0.6) is 0 Å². The number of carbonyl (C=O) groups excluding carboxylic acids is 2. The Morgan fingerprint density at radius 3 is 2.65 bits per heavy atom. The van der Waals surface area contributed by atoms with Gasteiger partial charge in [-0.15, -0.1) is 0 Å². The summed E-state index contributed by atoms with van der Waals surface area (Å²) in [6.07, 6.45) is 1.30. The summed E-state index contributed by atoms with van der Waals surface area (Å²) in [5, 5.41) is 11.3. The number of anilines is 1. The molecule has 2 atom stereocenters. The van der Waals surface area contributed by atoms with Crippen LogP contribution >= 0.6 is 0 Å². The Hall–Kier alpha value is -2.89. The fraction of sp³-hybridized carbons (Fsp3) is 0.350. The second kappa shape index (κ2) is 6.44. The van der Waals surface area contributed by atoms with E-state index >= 15 is 0 Å². The van der Waals surface area contributed by atoms with Crippen molar-refractivity contribution in [1.29, 1.82) is 0 Å². The van der Waals surface area contributed by atoms with Crippen molar-refractivity contribution in [2.24, 2.45) is 5.92 Å². The lowest BCUT2D eigenvalue weighted by Gasteiger charge is -2.25. The number of likely N-dealkylation sites (tertiary alicyclic amines) is 1. The summed E-state index contributed by atoms with van der Waals surface area (Å²) in [4.78, 5) is 39.9. The molecule has 26 heavy (non-hydrogen) atoms. The quantitative estimate of drug-likeness (QED) is 0.919. The van der Waals surface area contributed by atoms with Crippen molar-refractivity contribution in [3.63, 3.8) is 0 Å². The zero-order chi connectivity index (χ0) is 18.3. The standard InChI is InChI=1S/C20H20N2O4/c23-18-11-14(19(24)21-10-4-9-17(21)20(25)26)12-22(18)16-8-3-6-13-5-1-2-7-15(13)16/h1-3,5-8,14,17H,4,9-12H2,(H,25,26)/t14?,17-/m0/s1. The summed E-state index contributed by atoms with van der Waals surface area (Å²) in [5.41, 5.74) is 0.805. The van der Waals surface area contributed by atoms with Crippen molar-refractivity contribution in [1.82, 2.24) is 4.90 Å². The van der Waals surface area contributed by atoms with Gasteiger partial charge in [-0.05, 0) is 24.3 Å². The fourth-order valence-electron chi connectivity index (χ4n) is 4.07. The van der Waals surface area contributed by atoms with Crippen molar-refractivity contribution in [3.8, 4) is 0 Å². The zero-order valence-corrected chi connectivity index (χ0v) is 14.3. The van der Waals surface area contributed by atoms with E-state index in [2.05, 4.69) is 0 Å². The third kappa shape index (κ3) is 2.71. The van der Waals surface area contributed by atoms with Crippen LogP contribution in [0.25, 0.3) is 10.8 Å². The third-order valence-corrected chi connectivity index (χ3v) is 5.35. The second-order valence-corrected chi connectivity index (χ2v) is 6.93. The SMILES string of the molecule is O=C(O)[C@@H]1CCCN1C(=O)C1CC(=O)N(c2cccc3ccccc23)C1. The molecule has 0 aliphatic carbocycles. The van der Waals surface area contributed by atoms with Gasteiger partial charge in [-0.2, -0.15) is 0 Å². The molecule has 0 spiro atoms. The van der Waals surface area contributed by atoms with Gasteiger partial charge in [-0.3, -0.25) is 9.59 Å². The van der Waals surface area contributed by atoms with Gasteiger partial charge in [-0.1, -0.05) is 36.4 Å². The van der Waals surface area contributed by atoms with E-state index in [4.69, 9.17) is 0 Å². The molecule has 4 rings (SSSR count). The van der Waals surface area contributed by atoms with E-state index in [0.29, 0.717) is 25.9 Å². The van der Waals surface area contributed by atoms with Crippen LogP contribution in [0.1, 0.15) is 19.3 Å². The molecule has 2 aliphatic rings. The summed E-state index contributed by atoms with van der Waals surface area (Å²) in [6.45, 7) is 0.753. The highest BCUT2D eigenvalue weighted by Crippen LogP contribution is 2.33. The average molecular weight is 352 g/mol. The number of hydrogen-bond acceptors (Lipinski definition) is 3. The summed E-state index contributed by atoms with van der Waals surface area (Å²) < 4.78 is 0. The van der Waals surface area contributed by atoms with Gasteiger partial charge in [0.15, 0.2) is 0 Å². The minimum atomic E-state index is -0.967. The van der Waals surface area contributed by atoms with Crippen LogP contribution in [0.15, 0.2) is 42.5 Å². The Balaban J connectivity index is 1.59. The molecular formula is C20H20N2O4. The van der Waals surface area contributed by atoms with Crippen molar-refractivity contribution in [2.75, 3.05) is 18.0 Å². The first-order valence-electron chi connectivity index (χ1n) is 8.87. The Kier molecular flexibility index (Phi) is 4.11. The number of amides is 2. The van der Waals surface area contributed by atoms with Gasteiger partial charge in [0, 0.05) is 24.9 Å². The number of hydrogen-bond donors (Lipinski definition) is 1. The molecule has 2 aromatic carbocycles. The minimum absolute atomic E-state index is 0.0919. The summed E-state index contributed by atoms with van der Waals surface area (Å²) in [7, 11) is 0. The van der Waals surface area contributed by atoms with Crippen LogP contribution in [0.2, 0.25) is 0 Å². The van der Waals surface area contributed by atoms with E-state index < -0.39 is 17.9 Å². The lowest BCUT2D eigenvalue weighted by molar-refractivity contribution is -0.149. The number of nitrogens with zero attached hydrogens (tertiary/aromatic N) is 2. The van der Waals surface area contributed by atoms with E-state index in [1.54, 1.807) is 4.90 Å². The smallest absolute Gasteiger partial charge is 0.326 e. The molecule has 2 amide bonds. The monoisotopic (exact) mass is 352 g/mol. The molecule has 0 bridgehead atoms. The van der Waals surface area contributed by atoms with E-state index in [9.17, 15) is 19.5 Å². The van der Waals surface area contributed by atoms with Crippen molar-refractivity contribution >= 4 is 34.2 Å². The highest BCUT2D eigenvalue weighted by molar-refractivity contribution is 6.07. The first kappa shape index (κ1) is 16.6. The number of carboxylic acid groups (broad SMARTS) is 1. The predicted octanol–water partition coefficient (Wildman–Crippen LogP) is 2.27. The molecule has 2 fully saturated rings. The summed E-state index contributed by atoms with van der Waals surface area (Å²) in [5.74, 6) is -1.76. The number of benzene rings is 2. The molecule has 2 aliphatic heterocycles. The molecule has 6 nitrogen and oxygen atoms in total. The van der Waals surface area contributed by atoms with Gasteiger partial charge in [0.2, 0.25) is 11.8 Å². The maximum absolute atomic E-state index is 12.8. The number of rotatable bonds is 3. The molecule has 134 valence electrons. The zero-order valence-electron chi connectivity index (χ0n) is 14.3. The van der Waals surface area contributed by atoms with Gasteiger partial charge in [0.1, 0.15) is 6.04 Å². The lowest BCUT2D eigenvalue weighted by Crippen LogP contribution is -2.44. The topological polar surface area (TPSA) is 77.9 Å². The van der Waals surface area contributed by atoms with Crippen molar-refractivity contribution in [3.05, 3.63) is 42.5 Å². The van der Waals surface area contributed by atoms with Crippen LogP contribution in [0.3, 0.4) is 0 Å². The molecule has 0 saturated carbocycles. The van der Waals surface area contributed by atoms with Crippen LogP contribution in [-0.4, -0.2) is 46.9 Å². The number of aliphatic carboxylic acids is 1. The molecule has 2 saturated heterocycles. The van der Waals surface area contributed by atoms with E-state index in [0.717, 1.165) is 16.5 Å². The van der Waals surface area contributed by atoms with Gasteiger partial charge < -0.3 is 14.9 Å². The van der Waals surface area contributed by atoms with Crippen LogP contribution in [-0.2, 0) is 14.4 Å². The molecule has 0 radical (unpaired) electrons. The van der Waals surface area contributed by atoms with E-state index in [1.165, 1.54) is 4.90 Å². The van der Waals surface area contributed by atoms with Gasteiger partial charge in [0.05, 0.1) is 11.6 Å². The first-order chi connectivity index (χ1) is 12.6. The average Bonchev–Trinajstić information content (AvgIpc) is 3.27. The van der Waals surface area contributed by atoms with Crippen LogP contribution in [0, 0.1) is 5.92 Å². The molecule has 2 aromatic rings. The molecule has 6 heteroatoms. The summed E-state index contributed by atoms with van der Waals surface area (Å²) >= 11 is 0. The Labute approximate surface area is 151 Å². The Bertz CT molecular complexity index is 889. The third-order valence-electron chi connectivity index (χ3n) is 5.35. The highest BCUT2D eigenvalue weighted by atomic mass is 16.4. The van der Waals surface area contributed by atoms with E-state index in [-0.39, 0.29) is 18.2 Å². The van der Waals surface area contributed by atoms with Gasteiger partial charge in [0.25, 0.3) is 0 Å². The summed E-state index contributed by atoms with van der Waals surface area (Å²) in [6, 6.07) is 12.9. The lowest BCUT2D eigenvalue weighted by atomic mass is 10.1. The normalized spacial score (nSPS) is 23.0. The van der Waals surface area contributed by atoms with Crippen molar-refractivity contribution < 1.29 is 19.5 Å². The molecule has 1 unspecified atom stereocenters. The van der Waals surface area contributed by atoms with Crippen LogP contribution < -0.4 is 4.90 Å². The molecule has 1 N–H and O–H groups in total. The number of fused-ring (bicyclic) bond motifs is 1. The van der Waals surface area contributed by atoms with Crippen molar-refractivity contribution in [2.45, 2.75) is 25.3 Å². The van der Waals surface area contributed by atoms with E-state index in [1.807, 2.05) is 42.5 Å². The maximum Gasteiger partial charge on any atom is 0.326 e. The molecule has 0 aromatic heterocycles. The van der Waals surface area contributed by atoms with Crippen LogP contribution in [0.4, 0.5) is 5.69 Å². The minimum Gasteiger partial charge on any atom is -0.480 e. The fourth-order valence-corrected chi connectivity index (χ4v) is 4.07. The Morgan fingerprint density at radius 2 is 1.85 bits per heavy atom. The Morgan fingerprint density at radius 1 is 1.08 bits per heavy atom. The molecular weight excluding hydrogens is 332 g/mol. The maximum atomic E-state index is 12.8. The number of carboxylic acids is 1. The predicted molar refractivity (Wildman–Crippen MR) is 96.8 cm³/mol. The molecule has 2 heterocycles. The highest BCUT2D eigenvalue weighted by Gasteiger charge is 2.42. The van der Waals surface area contributed by atoms with Gasteiger partial charge in [-0.25, -0.2) is 4.79 Å². The first-order valence-corrected chi connectivity index (χ1v) is 8.87. The largest absolute Gasteiger partial charge is 0.480 e. The number of carbonyl (C=O) groups is 3.